The van der Waals surface area contributed by atoms with Gasteiger partial charge in [-0.15, -0.1) is 0 Å². The van der Waals surface area contributed by atoms with Crippen molar-refractivity contribution in [3.8, 4) is 0 Å². The van der Waals surface area contributed by atoms with Crippen LogP contribution in [-0.2, 0) is 16.7 Å². The molecule has 0 atom stereocenters. The summed E-state index contributed by atoms with van der Waals surface area (Å²) >= 11 is 0. The maximum absolute atomic E-state index is 9.79. The van der Waals surface area contributed by atoms with Crippen molar-refractivity contribution in [2.24, 2.45) is 0 Å². The monoisotopic (exact) mass is 255 g/mol. The summed E-state index contributed by atoms with van der Waals surface area (Å²) in [5.41, 5.74) is 2.71. The summed E-state index contributed by atoms with van der Waals surface area (Å²) in [6, 6.07) is 8.41. The molecule has 0 aliphatic carbocycles. The molecule has 0 spiro atoms. The largest absolute Gasteiger partial charge is 0.387 e. The highest BCUT2D eigenvalue weighted by molar-refractivity contribution is 7.85. The lowest BCUT2D eigenvalue weighted by atomic mass is 10.1. The maximum atomic E-state index is 9.79. The number of hydrogen-bond acceptors (Lipinski definition) is 3. The average molecular weight is 255 g/mol. The van der Waals surface area contributed by atoms with Gasteiger partial charge < -0.3 is 5.32 Å². The Morgan fingerprint density at radius 3 is 2.59 bits per heavy atom. The van der Waals surface area contributed by atoms with E-state index in [9.17, 15) is 8.42 Å². The van der Waals surface area contributed by atoms with E-state index in [1.807, 2.05) is 6.20 Å². The highest BCUT2D eigenvalue weighted by atomic mass is 32.2. The molecule has 0 saturated heterocycles. The smallest absolute Gasteiger partial charge is 0.264 e. The number of rotatable bonds is 2. The zero-order chi connectivity index (χ0) is 12.7. The zero-order valence-corrected chi connectivity index (χ0v) is 10.6. The molecule has 1 aliphatic rings. The summed E-state index contributed by atoms with van der Waals surface area (Å²) in [4.78, 5) is 0. The lowest BCUT2D eigenvalue weighted by molar-refractivity contribution is 0.482. The molecule has 0 fully saturated rings. The summed E-state index contributed by atoms with van der Waals surface area (Å²) in [5.74, 6) is -0.132. The van der Waals surface area contributed by atoms with Gasteiger partial charge in [-0.3, -0.25) is 4.55 Å². The van der Waals surface area contributed by atoms with Crippen molar-refractivity contribution in [2.45, 2.75) is 19.9 Å². The molecule has 0 radical (unpaired) electrons. The van der Waals surface area contributed by atoms with Gasteiger partial charge in [-0.1, -0.05) is 31.2 Å². The fourth-order valence-corrected chi connectivity index (χ4v) is 1.95. The molecule has 0 saturated carbocycles. The van der Waals surface area contributed by atoms with Gasteiger partial charge in [0.25, 0.3) is 10.1 Å². The predicted octanol–water partition coefficient (Wildman–Crippen LogP) is 2.04. The van der Waals surface area contributed by atoms with Crippen LogP contribution in [0, 0.1) is 0 Å². The van der Waals surface area contributed by atoms with Gasteiger partial charge in [0, 0.05) is 6.54 Å². The van der Waals surface area contributed by atoms with E-state index < -0.39 is 10.1 Å². The molecule has 1 aromatic rings. The Hall–Kier alpha value is -1.33. The Bertz CT molecular complexity index is 480. The molecule has 5 heteroatoms. The Morgan fingerprint density at radius 1 is 1.35 bits per heavy atom. The van der Waals surface area contributed by atoms with Gasteiger partial charge in [-0.2, -0.15) is 8.42 Å². The van der Waals surface area contributed by atoms with E-state index in [1.165, 1.54) is 11.1 Å². The van der Waals surface area contributed by atoms with Gasteiger partial charge in [0.1, 0.15) is 0 Å². The molecule has 0 amide bonds. The van der Waals surface area contributed by atoms with Crippen molar-refractivity contribution in [1.82, 2.24) is 5.32 Å². The van der Waals surface area contributed by atoms with E-state index in [-0.39, 0.29) is 5.75 Å². The minimum absolute atomic E-state index is 0.132. The van der Waals surface area contributed by atoms with E-state index in [4.69, 9.17) is 4.55 Å². The van der Waals surface area contributed by atoms with Gasteiger partial charge in [0.05, 0.1) is 5.75 Å². The van der Waals surface area contributed by atoms with Crippen molar-refractivity contribution < 1.29 is 13.0 Å². The van der Waals surface area contributed by atoms with E-state index >= 15 is 0 Å². The number of fused-ring (bicyclic) bond motifs is 1. The Morgan fingerprint density at radius 2 is 2.06 bits per heavy atom. The van der Waals surface area contributed by atoms with Crippen LogP contribution in [0.2, 0.25) is 0 Å². The zero-order valence-electron chi connectivity index (χ0n) is 9.76. The fourth-order valence-electron chi connectivity index (χ4n) is 1.43. The maximum Gasteiger partial charge on any atom is 0.264 e. The molecule has 1 aliphatic heterocycles. The molecule has 2 rings (SSSR count). The Balaban J connectivity index is 0.000000185. The summed E-state index contributed by atoms with van der Waals surface area (Å²) in [6.45, 7) is 2.65. The SMILES string of the molecule is C1=Cc2ccccc2CN1.CCCS(=O)(=O)O. The molecule has 1 aromatic carbocycles. The average Bonchev–Trinajstić information content (AvgIpc) is 2.28. The van der Waals surface area contributed by atoms with Crippen LogP contribution in [0.1, 0.15) is 24.5 Å². The summed E-state index contributed by atoms with van der Waals surface area (Å²) < 4.78 is 27.6. The van der Waals surface area contributed by atoms with E-state index in [0.29, 0.717) is 6.42 Å². The highest BCUT2D eigenvalue weighted by Gasteiger charge is 1.99. The predicted molar refractivity (Wildman–Crippen MR) is 69.0 cm³/mol. The number of benzene rings is 1. The van der Waals surface area contributed by atoms with Gasteiger partial charge in [0.15, 0.2) is 0 Å². The van der Waals surface area contributed by atoms with Crippen molar-refractivity contribution >= 4 is 16.2 Å². The topological polar surface area (TPSA) is 66.4 Å². The molecule has 2 N–H and O–H groups in total. The Kier molecular flexibility index (Phi) is 5.18. The third kappa shape index (κ3) is 5.51. The molecule has 17 heavy (non-hydrogen) atoms. The second kappa shape index (κ2) is 6.42. The van der Waals surface area contributed by atoms with Crippen LogP contribution >= 0.6 is 0 Å². The first-order chi connectivity index (χ1) is 8.03. The Labute approximate surface area is 102 Å². The lowest BCUT2D eigenvalue weighted by Crippen LogP contribution is -2.09. The highest BCUT2D eigenvalue weighted by Crippen LogP contribution is 2.12. The van der Waals surface area contributed by atoms with E-state index in [2.05, 4.69) is 35.7 Å². The minimum Gasteiger partial charge on any atom is -0.387 e. The van der Waals surface area contributed by atoms with Crippen LogP contribution in [0.25, 0.3) is 6.08 Å². The van der Waals surface area contributed by atoms with Gasteiger partial charge in [-0.25, -0.2) is 0 Å². The summed E-state index contributed by atoms with van der Waals surface area (Å²) in [7, 11) is -3.67. The molecule has 1 heterocycles. The normalized spacial score (nSPS) is 13.1. The summed E-state index contributed by atoms with van der Waals surface area (Å²) in [5, 5.41) is 3.16. The first-order valence-electron chi connectivity index (χ1n) is 5.46. The van der Waals surface area contributed by atoms with Crippen LogP contribution in [0.15, 0.2) is 30.5 Å². The molecule has 0 aromatic heterocycles. The molecule has 94 valence electrons. The second-order valence-electron chi connectivity index (χ2n) is 3.70. The quantitative estimate of drug-likeness (QED) is 0.794. The third-order valence-electron chi connectivity index (χ3n) is 2.19. The number of hydrogen-bond donors (Lipinski definition) is 2. The van der Waals surface area contributed by atoms with Crippen LogP contribution in [0.4, 0.5) is 0 Å². The van der Waals surface area contributed by atoms with Crippen LogP contribution in [0.3, 0.4) is 0 Å². The standard InChI is InChI=1S/C9H9N.C3H8O3S/c1-2-4-9-7-10-6-5-8(9)3-1;1-2-3-7(4,5)6/h1-6,10H,7H2;2-3H2,1H3,(H,4,5,6). The van der Waals surface area contributed by atoms with Gasteiger partial charge >= 0.3 is 0 Å². The molecule has 4 nitrogen and oxygen atoms in total. The first kappa shape index (κ1) is 13.7. The van der Waals surface area contributed by atoms with Crippen LogP contribution < -0.4 is 5.32 Å². The third-order valence-corrected chi connectivity index (χ3v) is 3.11. The number of nitrogens with one attached hydrogen (secondary N) is 1. The first-order valence-corrected chi connectivity index (χ1v) is 7.07. The lowest BCUT2D eigenvalue weighted by Gasteiger charge is -2.10. The van der Waals surface area contributed by atoms with Crippen molar-refractivity contribution in [1.29, 1.82) is 0 Å². The van der Waals surface area contributed by atoms with Crippen molar-refractivity contribution in [2.75, 3.05) is 5.75 Å². The van der Waals surface area contributed by atoms with E-state index in [0.717, 1.165) is 6.54 Å². The second-order valence-corrected chi connectivity index (χ2v) is 5.27. The fraction of sp³-hybridized carbons (Fsp3) is 0.333. The van der Waals surface area contributed by atoms with Crippen molar-refractivity contribution in [3.63, 3.8) is 0 Å². The van der Waals surface area contributed by atoms with Crippen LogP contribution in [-0.4, -0.2) is 18.7 Å². The van der Waals surface area contributed by atoms with Crippen LogP contribution in [0.5, 0.6) is 0 Å². The van der Waals surface area contributed by atoms with Gasteiger partial charge in [-0.05, 0) is 29.8 Å². The molecule has 0 unspecified atom stereocenters. The molecular weight excluding hydrogens is 238 g/mol. The van der Waals surface area contributed by atoms with E-state index in [1.54, 1.807) is 6.92 Å². The molecule has 0 bridgehead atoms. The van der Waals surface area contributed by atoms with Gasteiger partial charge in [0.2, 0.25) is 0 Å². The summed E-state index contributed by atoms with van der Waals surface area (Å²) in [6.07, 6.45) is 4.56. The minimum atomic E-state index is -3.67. The van der Waals surface area contributed by atoms with Crippen molar-refractivity contribution in [3.05, 3.63) is 41.6 Å². The molecular formula is C12H17NO3S.